The molecule has 24 heavy (non-hydrogen) atoms. The van der Waals surface area contributed by atoms with Crippen molar-refractivity contribution in [3.8, 4) is 0 Å². The van der Waals surface area contributed by atoms with E-state index in [1.807, 2.05) is 28.9 Å². The second-order valence-corrected chi connectivity index (χ2v) is 7.31. The van der Waals surface area contributed by atoms with E-state index in [2.05, 4.69) is 41.7 Å². The number of para-hydroxylation sites is 1. The van der Waals surface area contributed by atoms with E-state index < -0.39 is 0 Å². The monoisotopic (exact) mass is 327 g/mol. The number of hydrogen-bond acceptors (Lipinski definition) is 4. The quantitative estimate of drug-likeness (QED) is 0.909. The van der Waals surface area contributed by atoms with Gasteiger partial charge in [-0.3, -0.25) is 4.79 Å². The minimum absolute atomic E-state index is 0.0451. The highest BCUT2D eigenvalue weighted by atomic mass is 16.2. The van der Waals surface area contributed by atoms with Crippen LogP contribution in [-0.2, 0) is 5.41 Å². The average molecular weight is 327 g/mol. The molecular formula is C18H25N5O. The summed E-state index contributed by atoms with van der Waals surface area (Å²) in [5, 5.41) is 14.5. The first kappa shape index (κ1) is 16.6. The highest BCUT2D eigenvalue weighted by Gasteiger charge is 2.21. The van der Waals surface area contributed by atoms with E-state index in [-0.39, 0.29) is 11.3 Å². The molecule has 128 valence electrons. The summed E-state index contributed by atoms with van der Waals surface area (Å²) in [7, 11) is 0. The van der Waals surface area contributed by atoms with Crippen LogP contribution < -0.4 is 10.6 Å². The molecule has 0 radical (unpaired) electrons. The molecule has 1 aliphatic heterocycles. The Morgan fingerprint density at radius 1 is 1.25 bits per heavy atom. The summed E-state index contributed by atoms with van der Waals surface area (Å²) < 4.78 is 1.82. The largest absolute Gasteiger partial charge is 0.320 e. The van der Waals surface area contributed by atoms with Crippen molar-refractivity contribution in [2.75, 3.05) is 18.4 Å². The van der Waals surface area contributed by atoms with Crippen LogP contribution >= 0.6 is 0 Å². The summed E-state index contributed by atoms with van der Waals surface area (Å²) >= 11 is 0. The van der Waals surface area contributed by atoms with Gasteiger partial charge in [-0.05, 0) is 43.0 Å². The van der Waals surface area contributed by atoms with Crippen LogP contribution in [0.25, 0.3) is 0 Å². The number of aromatic nitrogens is 3. The van der Waals surface area contributed by atoms with Gasteiger partial charge in [0.05, 0.1) is 12.2 Å². The summed E-state index contributed by atoms with van der Waals surface area (Å²) in [5.41, 5.74) is 2.24. The maximum absolute atomic E-state index is 12.6. The highest BCUT2D eigenvalue weighted by Crippen LogP contribution is 2.29. The van der Waals surface area contributed by atoms with Gasteiger partial charge in [-0.15, -0.1) is 5.10 Å². The lowest BCUT2D eigenvalue weighted by molar-refractivity contribution is 0.102. The molecule has 0 bridgehead atoms. The number of benzene rings is 1. The molecule has 0 unspecified atom stereocenters. The predicted octanol–water partition coefficient (Wildman–Crippen LogP) is 2.75. The van der Waals surface area contributed by atoms with E-state index >= 15 is 0 Å². The molecule has 1 fully saturated rings. The maximum atomic E-state index is 12.6. The molecule has 2 aromatic rings. The normalized spacial score (nSPS) is 16.1. The zero-order chi connectivity index (χ0) is 17.2. The zero-order valence-corrected chi connectivity index (χ0v) is 14.5. The fraction of sp³-hybridized carbons (Fsp3) is 0.500. The van der Waals surface area contributed by atoms with Gasteiger partial charge in [-0.25, -0.2) is 4.68 Å². The number of nitrogens with zero attached hydrogens (tertiary/aromatic N) is 3. The number of amides is 1. The van der Waals surface area contributed by atoms with Gasteiger partial charge in [-0.2, -0.15) is 0 Å². The number of piperidine rings is 1. The first-order valence-electron chi connectivity index (χ1n) is 8.48. The highest BCUT2D eigenvalue weighted by molar-refractivity contribution is 6.03. The van der Waals surface area contributed by atoms with Crippen molar-refractivity contribution in [3.63, 3.8) is 0 Å². The second-order valence-electron chi connectivity index (χ2n) is 7.31. The zero-order valence-electron chi connectivity index (χ0n) is 14.5. The van der Waals surface area contributed by atoms with Gasteiger partial charge >= 0.3 is 0 Å². The molecule has 3 rings (SSSR count). The van der Waals surface area contributed by atoms with Crippen LogP contribution in [0.4, 0.5) is 5.69 Å². The van der Waals surface area contributed by atoms with Crippen LogP contribution in [0, 0.1) is 0 Å². The maximum Gasteiger partial charge on any atom is 0.277 e. The molecule has 2 heterocycles. The number of carbonyl (C=O) groups excluding carboxylic acids is 1. The van der Waals surface area contributed by atoms with Gasteiger partial charge in [0.1, 0.15) is 0 Å². The Balaban J connectivity index is 1.75. The Kier molecular flexibility index (Phi) is 4.66. The molecule has 0 spiro atoms. The summed E-state index contributed by atoms with van der Waals surface area (Å²) in [6, 6.07) is 8.21. The molecule has 0 atom stereocenters. The van der Waals surface area contributed by atoms with E-state index in [0.717, 1.165) is 37.2 Å². The van der Waals surface area contributed by atoms with Crippen LogP contribution in [0.2, 0.25) is 0 Å². The third-order valence-electron chi connectivity index (χ3n) is 4.41. The van der Waals surface area contributed by atoms with Crippen molar-refractivity contribution in [3.05, 3.63) is 41.7 Å². The van der Waals surface area contributed by atoms with Crippen molar-refractivity contribution < 1.29 is 4.79 Å². The Bertz CT molecular complexity index is 710. The standard InChI is InChI=1S/C18H25N5O/c1-18(2,3)14-6-4-5-7-15(14)20-17(24)16-12-23(22-21-16)13-8-10-19-11-9-13/h4-7,12-13,19H,8-11H2,1-3H3,(H,20,24). The molecule has 1 aromatic carbocycles. The van der Waals surface area contributed by atoms with Crippen LogP contribution in [0.5, 0.6) is 0 Å². The second kappa shape index (κ2) is 6.73. The van der Waals surface area contributed by atoms with Crippen molar-refractivity contribution in [1.82, 2.24) is 20.3 Å². The number of hydrogen-bond donors (Lipinski definition) is 2. The topological polar surface area (TPSA) is 71.8 Å². The third-order valence-corrected chi connectivity index (χ3v) is 4.41. The van der Waals surface area contributed by atoms with E-state index in [4.69, 9.17) is 0 Å². The average Bonchev–Trinajstić information content (AvgIpc) is 3.05. The lowest BCUT2D eigenvalue weighted by Crippen LogP contribution is -2.29. The SMILES string of the molecule is CC(C)(C)c1ccccc1NC(=O)c1cn(C2CCNCC2)nn1. The van der Waals surface area contributed by atoms with E-state index in [9.17, 15) is 4.79 Å². The van der Waals surface area contributed by atoms with Crippen LogP contribution in [-0.4, -0.2) is 34.0 Å². The number of carbonyl (C=O) groups is 1. The van der Waals surface area contributed by atoms with Crippen molar-refractivity contribution in [2.45, 2.75) is 45.1 Å². The summed E-state index contributed by atoms with van der Waals surface area (Å²) in [5.74, 6) is -0.216. The molecule has 6 nitrogen and oxygen atoms in total. The smallest absolute Gasteiger partial charge is 0.277 e. The Morgan fingerprint density at radius 3 is 2.67 bits per heavy atom. The molecule has 1 saturated heterocycles. The van der Waals surface area contributed by atoms with Gasteiger partial charge in [0.15, 0.2) is 5.69 Å². The lowest BCUT2D eigenvalue weighted by atomic mass is 9.86. The molecule has 2 N–H and O–H groups in total. The third kappa shape index (κ3) is 3.64. The summed E-state index contributed by atoms with van der Waals surface area (Å²) in [6.45, 7) is 8.35. The predicted molar refractivity (Wildman–Crippen MR) is 94.3 cm³/mol. The molecular weight excluding hydrogens is 302 g/mol. The summed E-state index contributed by atoms with van der Waals surface area (Å²) in [6.07, 6.45) is 3.78. The lowest BCUT2D eigenvalue weighted by Gasteiger charge is -2.22. The number of rotatable bonds is 3. The number of anilines is 1. The molecule has 1 amide bonds. The first-order valence-corrected chi connectivity index (χ1v) is 8.48. The molecule has 1 aliphatic rings. The van der Waals surface area contributed by atoms with E-state index in [0.29, 0.717) is 11.7 Å². The Hall–Kier alpha value is -2.21. The van der Waals surface area contributed by atoms with Crippen LogP contribution in [0.15, 0.2) is 30.5 Å². The van der Waals surface area contributed by atoms with Gasteiger partial charge in [-0.1, -0.05) is 44.2 Å². The van der Waals surface area contributed by atoms with Gasteiger partial charge in [0, 0.05) is 5.69 Å². The fourth-order valence-electron chi connectivity index (χ4n) is 3.06. The van der Waals surface area contributed by atoms with Crippen molar-refractivity contribution >= 4 is 11.6 Å². The van der Waals surface area contributed by atoms with Crippen molar-refractivity contribution in [2.24, 2.45) is 0 Å². The Morgan fingerprint density at radius 2 is 1.96 bits per heavy atom. The minimum Gasteiger partial charge on any atom is -0.320 e. The van der Waals surface area contributed by atoms with Crippen LogP contribution in [0.1, 0.15) is 55.7 Å². The molecule has 0 saturated carbocycles. The van der Waals surface area contributed by atoms with Gasteiger partial charge in [0.25, 0.3) is 5.91 Å². The van der Waals surface area contributed by atoms with Crippen molar-refractivity contribution in [1.29, 1.82) is 0 Å². The first-order chi connectivity index (χ1) is 11.4. The van der Waals surface area contributed by atoms with Crippen LogP contribution in [0.3, 0.4) is 0 Å². The summed E-state index contributed by atoms with van der Waals surface area (Å²) in [4.78, 5) is 12.6. The molecule has 1 aromatic heterocycles. The van der Waals surface area contributed by atoms with Gasteiger partial charge in [0.2, 0.25) is 0 Å². The molecule has 6 heteroatoms. The molecule has 0 aliphatic carbocycles. The van der Waals surface area contributed by atoms with Gasteiger partial charge < -0.3 is 10.6 Å². The van der Waals surface area contributed by atoms with E-state index in [1.165, 1.54) is 0 Å². The minimum atomic E-state index is -0.216. The number of nitrogens with one attached hydrogen (secondary N) is 2. The fourth-order valence-corrected chi connectivity index (χ4v) is 3.06. The Labute approximate surface area is 142 Å². The van der Waals surface area contributed by atoms with E-state index in [1.54, 1.807) is 6.20 Å².